The molecule has 118 valence electrons. The second-order valence-electron chi connectivity index (χ2n) is 5.75. The Morgan fingerprint density at radius 2 is 1.25 bits per heavy atom. The number of anilines is 1. The average Bonchev–Trinajstić information content (AvgIpc) is 2.66. The summed E-state index contributed by atoms with van der Waals surface area (Å²) in [5, 5.41) is -0.0880. The number of nitrogens with zero attached hydrogens (tertiary/aromatic N) is 1. The predicted molar refractivity (Wildman–Crippen MR) is 99.2 cm³/mol. The maximum absolute atomic E-state index is 12.9. The molecule has 0 bridgehead atoms. The third kappa shape index (κ3) is 2.72. The van der Waals surface area contributed by atoms with Gasteiger partial charge in [0.2, 0.25) is 5.91 Å². The van der Waals surface area contributed by atoms with Crippen molar-refractivity contribution in [3.8, 4) is 0 Å². The Balaban J connectivity index is 1.68. The fourth-order valence-electron chi connectivity index (χ4n) is 3.07. The molecule has 3 aromatic rings. The van der Waals surface area contributed by atoms with Crippen molar-refractivity contribution in [3.63, 3.8) is 0 Å². The minimum Gasteiger partial charge on any atom is -0.302 e. The van der Waals surface area contributed by atoms with Gasteiger partial charge in [0.05, 0.1) is 6.04 Å². The predicted octanol–water partition coefficient (Wildman–Crippen LogP) is 4.94. The molecular formula is C21H17NOS. The SMILES string of the molecule is O=C1[C@H](Sc2ccccc2)[C@@H](c2ccccc2)N1c1ccccc1. The van der Waals surface area contributed by atoms with Crippen LogP contribution in [0.3, 0.4) is 0 Å². The summed E-state index contributed by atoms with van der Waals surface area (Å²) >= 11 is 1.65. The normalized spacial score (nSPS) is 19.8. The quantitative estimate of drug-likeness (QED) is 0.631. The van der Waals surface area contributed by atoms with Crippen LogP contribution in [0.15, 0.2) is 95.9 Å². The fraction of sp³-hybridized carbons (Fsp3) is 0.0952. The zero-order chi connectivity index (χ0) is 16.4. The fourth-order valence-corrected chi connectivity index (χ4v) is 4.30. The molecule has 1 amide bonds. The summed E-state index contributed by atoms with van der Waals surface area (Å²) < 4.78 is 0. The Kier molecular flexibility index (Phi) is 4.09. The van der Waals surface area contributed by atoms with Crippen molar-refractivity contribution in [1.82, 2.24) is 0 Å². The molecule has 0 aromatic heterocycles. The summed E-state index contributed by atoms with van der Waals surface area (Å²) in [7, 11) is 0. The van der Waals surface area contributed by atoms with E-state index in [4.69, 9.17) is 0 Å². The number of β-lactam (4-membered cyclic amide) rings is 1. The molecule has 24 heavy (non-hydrogen) atoms. The number of para-hydroxylation sites is 1. The van der Waals surface area contributed by atoms with Crippen LogP contribution in [0, 0.1) is 0 Å². The number of amides is 1. The summed E-state index contributed by atoms with van der Waals surface area (Å²) in [5.74, 6) is 0.170. The van der Waals surface area contributed by atoms with Gasteiger partial charge in [0.1, 0.15) is 5.25 Å². The van der Waals surface area contributed by atoms with Crippen LogP contribution in [0.1, 0.15) is 11.6 Å². The Bertz CT molecular complexity index is 820. The molecule has 4 rings (SSSR count). The molecule has 0 aliphatic carbocycles. The molecule has 2 atom stereocenters. The van der Waals surface area contributed by atoms with Gasteiger partial charge in [0, 0.05) is 10.6 Å². The largest absolute Gasteiger partial charge is 0.302 e. The molecule has 2 nitrogen and oxygen atoms in total. The van der Waals surface area contributed by atoms with E-state index in [0.717, 1.165) is 10.6 Å². The van der Waals surface area contributed by atoms with Crippen LogP contribution in [0.4, 0.5) is 5.69 Å². The van der Waals surface area contributed by atoms with E-state index < -0.39 is 0 Å². The molecular weight excluding hydrogens is 314 g/mol. The van der Waals surface area contributed by atoms with E-state index in [9.17, 15) is 4.79 Å². The van der Waals surface area contributed by atoms with E-state index in [0.29, 0.717) is 0 Å². The lowest BCUT2D eigenvalue weighted by atomic mass is 9.92. The van der Waals surface area contributed by atoms with E-state index >= 15 is 0 Å². The van der Waals surface area contributed by atoms with Crippen molar-refractivity contribution >= 4 is 23.4 Å². The Morgan fingerprint density at radius 3 is 1.88 bits per heavy atom. The molecule has 3 aromatic carbocycles. The summed E-state index contributed by atoms with van der Waals surface area (Å²) in [4.78, 5) is 15.9. The summed E-state index contributed by atoms with van der Waals surface area (Å²) in [6, 6.07) is 30.4. The van der Waals surface area contributed by atoms with Crippen LogP contribution < -0.4 is 4.90 Å². The highest BCUT2D eigenvalue weighted by Gasteiger charge is 2.49. The van der Waals surface area contributed by atoms with Crippen LogP contribution in [-0.4, -0.2) is 11.2 Å². The molecule has 0 unspecified atom stereocenters. The lowest BCUT2D eigenvalue weighted by molar-refractivity contribution is -0.123. The zero-order valence-electron chi connectivity index (χ0n) is 13.1. The van der Waals surface area contributed by atoms with Gasteiger partial charge in [-0.05, 0) is 29.8 Å². The minimum atomic E-state index is -0.0880. The molecule has 0 saturated carbocycles. The molecule has 3 heteroatoms. The molecule has 0 spiro atoms. The van der Waals surface area contributed by atoms with Crippen molar-refractivity contribution < 1.29 is 4.79 Å². The number of carbonyl (C=O) groups excluding carboxylic acids is 1. The highest BCUT2D eigenvalue weighted by atomic mass is 32.2. The smallest absolute Gasteiger partial charge is 0.243 e. The van der Waals surface area contributed by atoms with Gasteiger partial charge >= 0.3 is 0 Å². The molecule has 1 aliphatic rings. The van der Waals surface area contributed by atoms with E-state index in [1.54, 1.807) is 11.8 Å². The standard InChI is InChI=1S/C21H17NOS/c23-21-20(24-18-14-8-3-9-15-18)19(16-10-4-1-5-11-16)22(21)17-12-6-2-7-13-17/h1-15,19-20H/t19-,20-/m1/s1. The van der Waals surface area contributed by atoms with Gasteiger partial charge in [0.15, 0.2) is 0 Å². The van der Waals surface area contributed by atoms with Crippen molar-refractivity contribution in [2.75, 3.05) is 4.90 Å². The van der Waals surface area contributed by atoms with Gasteiger partial charge in [-0.3, -0.25) is 4.79 Å². The van der Waals surface area contributed by atoms with Gasteiger partial charge in [-0.25, -0.2) is 0 Å². The van der Waals surface area contributed by atoms with Gasteiger partial charge in [-0.1, -0.05) is 66.7 Å². The van der Waals surface area contributed by atoms with Gasteiger partial charge < -0.3 is 4.90 Å². The molecule has 1 heterocycles. The topological polar surface area (TPSA) is 20.3 Å². The zero-order valence-corrected chi connectivity index (χ0v) is 13.9. The minimum absolute atomic E-state index is 0.0614. The highest BCUT2D eigenvalue weighted by molar-refractivity contribution is 8.00. The Hall–Kier alpha value is -2.52. The van der Waals surface area contributed by atoms with Gasteiger partial charge in [-0.15, -0.1) is 11.8 Å². The van der Waals surface area contributed by atoms with E-state index in [2.05, 4.69) is 24.3 Å². The Labute approximate surface area is 146 Å². The lowest BCUT2D eigenvalue weighted by Crippen LogP contribution is -2.57. The van der Waals surface area contributed by atoms with Crippen LogP contribution in [0.2, 0.25) is 0 Å². The number of hydrogen-bond donors (Lipinski definition) is 0. The number of thioether (sulfide) groups is 1. The van der Waals surface area contributed by atoms with Gasteiger partial charge in [-0.2, -0.15) is 0 Å². The first-order valence-corrected chi connectivity index (χ1v) is 8.87. The first-order valence-electron chi connectivity index (χ1n) is 7.99. The molecule has 0 radical (unpaired) electrons. The second-order valence-corrected chi connectivity index (χ2v) is 6.97. The monoisotopic (exact) mass is 331 g/mol. The van der Waals surface area contributed by atoms with Gasteiger partial charge in [0.25, 0.3) is 0 Å². The Morgan fingerprint density at radius 1 is 0.708 bits per heavy atom. The van der Waals surface area contributed by atoms with E-state index in [-0.39, 0.29) is 17.2 Å². The first kappa shape index (κ1) is 15.0. The van der Waals surface area contributed by atoms with E-state index in [1.165, 1.54) is 5.56 Å². The maximum atomic E-state index is 12.9. The number of carbonyl (C=O) groups is 1. The summed E-state index contributed by atoms with van der Waals surface area (Å²) in [6.45, 7) is 0. The van der Waals surface area contributed by atoms with Crippen molar-refractivity contribution in [1.29, 1.82) is 0 Å². The van der Waals surface area contributed by atoms with Crippen LogP contribution in [0.5, 0.6) is 0 Å². The molecule has 1 saturated heterocycles. The average molecular weight is 331 g/mol. The number of hydrogen-bond acceptors (Lipinski definition) is 2. The second kappa shape index (κ2) is 6.54. The van der Waals surface area contributed by atoms with Crippen molar-refractivity contribution in [3.05, 3.63) is 96.6 Å². The summed E-state index contributed by atoms with van der Waals surface area (Å²) in [6.07, 6.45) is 0. The summed E-state index contributed by atoms with van der Waals surface area (Å²) in [5.41, 5.74) is 2.13. The molecule has 1 aliphatic heterocycles. The maximum Gasteiger partial charge on any atom is 0.243 e. The first-order chi connectivity index (χ1) is 11.8. The highest BCUT2D eigenvalue weighted by Crippen LogP contribution is 2.47. The van der Waals surface area contributed by atoms with Crippen LogP contribution in [-0.2, 0) is 4.79 Å². The third-order valence-corrected chi connectivity index (χ3v) is 5.49. The number of benzene rings is 3. The molecule has 1 fully saturated rings. The van der Waals surface area contributed by atoms with Crippen LogP contribution in [0.25, 0.3) is 0 Å². The van der Waals surface area contributed by atoms with E-state index in [1.807, 2.05) is 71.6 Å². The van der Waals surface area contributed by atoms with Crippen molar-refractivity contribution in [2.24, 2.45) is 0 Å². The third-order valence-electron chi connectivity index (χ3n) is 4.23. The van der Waals surface area contributed by atoms with Crippen molar-refractivity contribution in [2.45, 2.75) is 16.2 Å². The lowest BCUT2D eigenvalue weighted by Gasteiger charge is -2.47. The van der Waals surface area contributed by atoms with Crippen LogP contribution >= 0.6 is 11.8 Å². The number of rotatable bonds is 4. The molecule has 0 N–H and O–H groups in total.